The molecule has 0 aliphatic heterocycles. The van der Waals surface area contributed by atoms with Crippen molar-refractivity contribution in [3.8, 4) is 0 Å². The topological polar surface area (TPSA) is 12.9 Å². The molecule has 0 aliphatic carbocycles. The number of hydrogen-bond donors (Lipinski definition) is 0. The number of benzene rings is 1. The van der Waals surface area contributed by atoms with Crippen LogP contribution < -0.4 is 0 Å². The molecule has 0 aliphatic rings. The highest BCUT2D eigenvalue weighted by atomic mass is 32.1. The van der Waals surface area contributed by atoms with Crippen molar-refractivity contribution in [3.63, 3.8) is 0 Å². The fraction of sp³-hybridized carbons (Fsp3) is 0.364. The molecule has 1 nitrogen and oxygen atoms in total. The van der Waals surface area contributed by atoms with Crippen molar-refractivity contribution < 1.29 is 0 Å². The smallest absolute Gasteiger partial charge is 0.0935 e. The third-order valence-electron chi connectivity index (χ3n) is 2.35. The minimum Gasteiger partial charge on any atom is -0.241 e. The molecule has 0 amide bonds. The molecule has 1 aromatic heterocycles. The molecule has 2 heteroatoms. The van der Waals surface area contributed by atoms with Crippen molar-refractivity contribution in [3.05, 3.63) is 28.3 Å². The van der Waals surface area contributed by atoms with Crippen LogP contribution in [0, 0.1) is 13.8 Å². The van der Waals surface area contributed by atoms with Gasteiger partial charge in [-0.25, -0.2) is 4.98 Å². The second-order valence-electron chi connectivity index (χ2n) is 3.37. The molecule has 0 bridgehead atoms. The summed E-state index contributed by atoms with van der Waals surface area (Å²) in [6.07, 6.45) is 1.04. The number of thiazole rings is 1. The van der Waals surface area contributed by atoms with E-state index in [0.717, 1.165) is 11.9 Å². The Bertz CT molecular complexity index is 404. The third-order valence-corrected chi connectivity index (χ3v) is 3.51. The van der Waals surface area contributed by atoms with Gasteiger partial charge in [0, 0.05) is 0 Å². The van der Waals surface area contributed by atoms with Gasteiger partial charge < -0.3 is 0 Å². The molecule has 0 radical (unpaired) electrons. The predicted octanol–water partition coefficient (Wildman–Crippen LogP) is 3.48. The van der Waals surface area contributed by atoms with E-state index >= 15 is 0 Å². The number of aryl methyl sites for hydroxylation is 3. The Labute approximate surface area is 82.4 Å². The van der Waals surface area contributed by atoms with Crippen LogP contribution in [-0.2, 0) is 6.42 Å². The van der Waals surface area contributed by atoms with Gasteiger partial charge in [0.2, 0.25) is 0 Å². The van der Waals surface area contributed by atoms with Crippen molar-refractivity contribution in [2.24, 2.45) is 0 Å². The predicted molar refractivity (Wildman–Crippen MR) is 58.5 cm³/mol. The summed E-state index contributed by atoms with van der Waals surface area (Å²) in [7, 11) is 0. The zero-order valence-corrected chi connectivity index (χ0v) is 9.03. The van der Waals surface area contributed by atoms with Gasteiger partial charge >= 0.3 is 0 Å². The summed E-state index contributed by atoms with van der Waals surface area (Å²) in [4.78, 5) is 4.55. The van der Waals surface area contributed by atoms with E-state index in [1.807, 2.05) is 11.3 Å². The van der Waals surface area contributed by atoms with E-state index in [9.17, 15) is 0 Å². The Morgan fingerprint density at radius 1 is 1.23 bits per heavy atom. The van der Waals surface area contributed by atoms with Crippen molar-refractivity contribution in [2.75, 3.05) is 0 Å². The number of fused-ring (bicyclic) bond motifs is 1. The van der Waals surface area contributed by atoms with Gasteiger partial charge in [-0.1, -0.05) is 6.92 Å². The lowest BCUT2D eigenvalue weighted by atomic mass is 10.1. The number of nitrogens with zero attached hydrogens (tertiary/aromatic N) is 1. The van der Waals surface area contributed by atoms with Gasteiger partial charge in [-0.15, -0.1) is 11.3 Å². The molecule has 0 spiro atoms. The molecule has 2 rings (SSSR count). The summed E-state index contributed by atoms with van der Waals surface area (Å²) >= 11 is 1.81. The van der Waals surface area contributed by atoms with Gasteiger partial charge in [0.25, 0.3) is 0 Å². The quantitative estimate of drug-likeness (QED) is 0.672. The minimum absolute atomic E-state index is 1.04. The summed E-state index contributed by atoms with van der Waals surface area (Å²) in [5.74, 6) is 0. The lowest BCUT2D eigenvalue weighted by molar-refractivity contribution is 1.11. The normalized spacial score (nSPS) is 11.0. The highest BCUT2D eigenvalue weighted by Gasteiger charge is 2.03. The lowest BCUT2D eigenvalue weighted by Crippen LogP contribution is -1.79. The first-order valence-corrected chi connectivity index (χ1v) is 5.39. The average molecular weight is 191 g/mol. The SMILES string of the molecule is CCc1nc2cc(C)c(C)cc2s1. The molecule has 0 N–H and O–H groups in total. The first kappa shape index (κ1) is 8.70. The monoisotopic (exact) mass is 191 g/mol. The van der Waals surface area contributed by atoms with Crippen molar-refractivity contribution in [1.82, 2.24) is 4.98 Å². The van der Waals surface area contributed by atoms with Crippen molar-refractivity contribution in [1.29, 1.82) is 0 Å². The fourth-order valence-electron chi connectivity index (χ4n) is 1.38. The molecule has 0 fully saturated rings. The Balaban J connectivity index is 2.70. The number of aromatic nitrogens is 1. The van der Waals surface area contributed by atoms with Crippen molar-refractivity contribution in [2.45, 2.75) is 27.2 Å². The van der Waals surface area contributed by atoms with E-state index in [0.29, 0.717) is 0 Å². The summed E-state index contributed by atoms with van der Waals surface area (Å²) in [5.41, 5.74) is 3.85. The molecule has 0 atom stereocenters. The average Bonchev–Trinajstić information content (AvgIpc) is 2.48. The Kier molecular flexibility index (Phi) is 2.08. The Morgan fingerprint density at radius 3 is 2.62 bits per heavy atom. The standard InChI is InChI=1S/C11H13NS/c1-4-11-12-9-5-7(2)8(3)6-10(9)13-11/h5-6H,4H2,1-3H3. The van der Waals surface area contributed by atoms with Gasteiger partial charge in [-0.2, -0.15) is 0 Å². The summed E-state index contributed by atoms with van der Waals surface area (Å²) in [6, 6.07) is 4.42. The van der Waals surface area contributed by atoms with E-state index in [4.69, 9.17) is 0 Å². The van der Waals surface area contributed by atoms with Crippen LogP contribution in [0.25, 0.3) is 10.2 Å². The highest BCUT2D eigenvalue weighted by molar-refractivity contribution is 7.18. The Morgan fingerprint density at radius 2 is 1.92 bits per heavy atom. The number of rotatable bonds is 1. The summed E-state index contributed by atoms with van der Waals surface area (Å²) < 4.78 is 1.32. The van der Waals surface area contributed by atoms with Gasteiger partial charge in [0.1, 0.15) is 0 Å². The maximum Gasteiger partial charge on any atom is 0.0935 e. The Hall–Kier alpha value is -0.890. The molecule has 13 heavy (non-hydrogen) atoms. The van der Waals surface area contributed by atoms with E-state index in [1.165, 1.54) is 20.8 Å². The van der Waals surface area contributed by atoms with Crippen LogP contribution in [0.3, 0.4) is 0 Å². The first-order chi connectivity index (χ1) is 6.20. The molecule has 0 saturated heterocycles. The molecule has 2 aromatic rings. The first-order valence-electron chi connectivity index (χ1n) is 4.57. The van der Waals surface area contributed by atoms with Crippen LogP contribution in [0.5, 0.6) is 0 Å². The zero-order valence-electron chi connectivity index (χ0n) is 8.22. The van der Waals surface area contributed by atoms with Crippen LogP contribution in [0.15, 0.2) is 12.1 Å². The van der Waals surface area contributed by atoms with Crippen LogP contribution in [-0.4, -0.2) is 4.98 Å². The van der Waals surface area contributed by atoms with Gasteiger partial charge in [0.15, 0.2) is 0 Å². The third kappa shape index (κ3) is 1.46. The fourth-order valence-corrected chi connectivity index (χ4v) is 2.37. The maximum atomic E-state index is 4.55. The molecular formula is C11H13NS. The van der Waals surface area contributed by atoms with E-state index in [2.05, 4.69) is 37.9 Å². The second kappa shape index (κ2) is 3.11. The van der Waals surface area contributed by atoms with Crippen LogP contribution in [0.1, 0.15) is 23.1 Å². The van der Waals surface area contributed by atoms with Crippen molar-refractivity contribution >= 4 is 21.6 Å². The van der Waals surface area contributed by atoms with Gasteiger partial charge in [0.05, 0.1) is 15.2 Å². The molecular weight excluding hydrogens is 178 g/mol. The highest BCUT2D eigenvalue weighted by Crippen LogP contribution is 2.25. The largest absolute Gasteiger partial charge is 0.241 e. The van der Waals surface area contributed by atoms with Crippen LogP contribution >= 0.6 is 11.3 Å². The van der Waals surface area contributed by atoms with Crippen LogP contribution in [0.2, 0.25) is 0 Å². The van der Waals surface area contributed by atoms with Crippen LogP contribution in [0.4, 0.5) is 0 Å². The second-order valence-corrected chi connectivity index (χ2v) is 4.48. The number of hydrogen-bond acceptors (Lipinski definition) is 2. The molecule has 1 aromatic carbocycles. The molecule has 0 unspecified atom stereocenters. The van der Waals surface area contributed by atoms with Gasteiger partial charge in [-0.3, -0.25) is 0 Å². The molecule has 68 valence electrons. The minimum atomic E-state index is 1.04. The van der Waals surface area contributed by atoms with E-state index in [1.54, 1.807) is 0 Å². The van der Waals surface area contributed by atoms with E-state index < -0.39 is 0 Å². The summed E-state index contributed by atoms with van der Waals surface area (Å²) in [6.45, 7) is 6.44. The molecule has 0 saturated carbocycles. The van der Waals surface area contributed by atoms with E-state index in [-0.39, 0.29) is 0 Å². The van der Waals surface area contributed by atoms with Gasteiger partial charge in [-0.05, 0) is 43.5 Å². The molecule has 1 heterocycles. The maximum absolute atomic E-state index is 4.55. The lowest BCUT2D eigenvalue weighted by Gasteiger charge is -1.96. The zero-order chi connectivity index (χ0) is 9.42. The summed E-state index contributed by atoms with van der Waals surface area (Å²) in [5, 5.41) is 1.24.